The number of nitrogens with zero attached hydrogens (tertiary/aromatic N) is 14. The van der Waals surface area contributed by atoms with Crippen molar-refractivity contribution < 1.29 is 19.8 Å². The lowest BCUT2D eigenvalue weighted by atomic mass is 10.0. The Morgan fingerprint density at radius 2 is 0.871 bits per heavy atom. The van der Waals surface area contributed by atoms with Crippen LogP contribution in [0.5, 0.6) is 11.5 Å². The molecule has 0 aliphatic carbocycles. The molecule has 2 amide bonds. The number of phenols is 2. The van der Waals surface area contributed by atoms with E-state index in [4.69, 9.17) is 0 Å². The van der Waals surface area contributed by atoms with Gasteiger partial charge in [-0.25, -0.2) is 19.9 Å². The lowest BCUT2D eigenvalue weighted by Gasteiger charge is -2.11. The Morgan fingerprint density at radius 3 is 1.26 bits per heavy atom. The van der Waals surface area contributed by atoms with Crippen molar-refractivity contribution >= 4 is 67.7 Å². The number of rotatable bonds is 10. The molecule has 4 aromatic heterocycles. The second kappa shape index (κ2) is 20.1. The third kappa shape index (κ3) is 9.30. The molecule has 0 bridgehead atoms. The molecule has 10 aromatic rings. The molecule has 20 nitrogen and oxygen atoms in total. The van der Waals surface area contributed by atoms with Crippen LogP contribution in [0.1, 0.15) is 31.8 Å². The van der Waals surface area contributed by atoms with E-state index in [1.165, 1.54) is 46.5 Å². The van der Waals surface area contributed by atoms with Gasteiger partial charge in [-0.15, -0.1) is 20.5 Å². The Labute approximate surface area is 395 Å². The monoisotopic (exact) mass is 920 g/mol. The lowest BCUT2D eigenvalue weighted by molar-refractivity contribution is 0.101. The molecular formula is C50H32N16O4. The van der Waals surface area contributed by atoms with Crippen molar-refractivity contribution in [2.24, 2.45) is 20.5 Å². The number of hydrogen-bond acceptors (Lipinski definition) is 16. The Hall–Kier alpha value is -10.9. The fourth-order valence-corrected chi connectivity index (χ4v) is 6.95. The van der Waals surface area contributed by atoms with E-state index in [1.54, 1.807) is 109 Å². The number of nitrogens with one attached hydrogen (secondary N) is 2. The van der Waals surface area contributed by atoms with Crippen molar-refractivity contribution in [3.8, 4) is 35.5 Å². The number of para-hydroxylation sites is 2. The van der Waals surface area contributed by atoms with Crippen molar-refractivity contribution in [1.29, 1.82) is 10.5 Å². The summed E-state index contributed by atoms with van der Waals surface area (Å²) >= 11 is 0. The molecule has 0 spiro atoms. The third-order valence-corrected chi connectivity index (χ3v) is 10.2. The topological polar surface area (TPSA) is 283 Å². The van der Waals surface area contributed by atoms with Crippen LogP contribution in [0.3, 0.4) is 0 Å². The molecule has 70 heavy (non-hydrogen) atoms. The van der Waals surface area contributed by atoms with Crippen molar-refractivity contribution in [2.45, 2.75) is 0 Å². The minimum atomic E-state index is -0.503. The average Bonchev–Trinajstić information content (AvgIpc) is 4.03. The molecule has 0 atom stereocenters. The first-order chi connectivity index (χ1) is 34.3. The summed E-state index contributed by atoms with van der Waals surface area (Å²) in [6, 6.07) is 42.6. The van der Waals surface area contributed by atoms with Crippen LogP contribution < -0.4 is 10.6 Å². The Balaban J connectivity index is 0.000000174. The molecule has 0 aliphatic heterocycles. The predicted octanol–water partition coefficient (Wildman–Crippen LogP) is 10.1. The van der Waals surface area contributed by atoms with Crippen LogP contribution in [0.15, 0.2) is 191 Å². The molecule has 10 rings (SSSR count). The van der Waals surface area contributed by atoms with Crippen LogP contribution in [-0.4, -0.2) is 61.5 Å². The quantitative estimate of drug-likeness (QED) is 0.0932. The van der Waals surface area contributed by atoms with Gasteiger partial charge in [0, 0.05) is 46.9 Å². The molecular weight excluding hydrogens is 889 g/mol. The zero-order valence-corrected chi connectivity index (χ0v) is 36.1. The largest absolute Gasteiger partial charge is 0.505 e. The number of hydrogen-bond donors (Lipinski definition) is 4. The number of aromatic nitrogens is 8. The Morgan fingerprint density at radius 1 is 0.500 bits per heavy atom. The van der Waals surface area contributed by atoms with E-state index < -0.39 is 11.8 Å². The van der Waals surface area contributed by atoms with Crippen LogP contribution in [0.4, 0.5) is 34.4 Å². The van der Waals surface area contributed by atoms with Crippen LogP contribution in [0.25, 0.3) is 33.4 Å². The highest BCUT2D eigenvalue weighted by atomic mass is 16.3. The van der Waals surface area contributed by atoms with Crippen LogP contribution in [0, 0.1) is 22.7 Å². The first kappa shape index (κ1) is 44.3. The fourth-order valence-electron chi connectivity index (χ4n) is 6.95. The van der Waals surface area contributed by atoms with Crippen molar-refractivity contribution in [1.82, 2.24) is 39.5 Å². The van der Waals surface area contributed by atoms with E-state index in [0.717, 1.165) is 0 Å². The number of amides is 2. The van der Waals surface area contributed by atoms with Crippen molar-refractivity contribution in [2.75, 3.05) is 10.6 Å². The van der Waals surface area contributed by atoms with Gasteiger partial charge in [0.05, 0.1) is 23.5 Å². The molecule has 20 heteroatoms. The zero-order valence-electron chi connectivity index (χ0n) is 36.1. The number of nitriles is 2. The number of carbonyl (C=O) groups is 2. The number of phenolic OH excluding ortho intramolecular Hbond substituents is 2. The second-order valence-electron chi connectivity index (χ2n) is 14.6. The molecule has 0 fully saturated rings. The van der Waals surface area contributed by atoms with E-state index in [-0.39, 0.29) is 68.7 Å². The van der Waals surface area contributed by atoms with Gasteiger partial charge in [-0.3, -0.25) is 9.59 Å². The van der Waals surface area contributed by atoms with Gasteiger partial charge in [0.15, 0.2) is 23.1 Å². The van der Waals surface area contributed by atoms with Crippen molar-refractivity contribution in [3.63, 3.8) is 0 Å². The van der Waals surface area contributed by atoms with Crippen LogP contribution >= 0.6 is 0 Å². The molecule has 0 aliphatic rings. The first-order valence-electron chi connectivity index (χ1n) is 20.9. The summed E-state index contributed by atoms with van der Waals surface area (Å²) in [6.07, 6.45) is 8.78. The molecule has 4 N–H and O–H groups in total. The molecule has 0 unspecified atom stereocenters. The fraction of sp³-hybridized carbons (Fsp3) is 0. The van der Waals surface area contributed by atoms with E-state index >= 15 is 0 Å². The second-order valence-corrected chi connectivity index (χ2v) is 14.6. The third-order valence-electron chi connectivity index (χ3n) is 10.2. The number of anilines is 2. The average molecular weight is 921 g/mol. The maximum atomic E-state index is 13.0. The number of azo groups is 2. The van der Waals surface area contributed by atoms with Crippen LogP contribution in [0.2, 0.25) is 0 Å². The van der Waals surface area contributed by atoms with Gasteiger partial charge in [-0.05, 0) is 59.3 Å². The zero-order chi connectivity index (χ0) is 48.4. The highest BCUT2D eigenvalue weighted by Gasteiger charge is 2.22. The highest BCUT2D eigenvalue weighted by molar-refractivity contribution is 6.12. The number of carbonyl (C=O) groups excluding carboxylic acids is 2. The number of aromatic hydroxyl groups is 2. The summed E-state index contributed by atoms with van der Waals surface area (Å²) in [5.74, 6) is -1.13. The normalized spacial score (nSPS) is 10.9. The van der Waals surface area contributed by atoms with Gasteiger partial charge in [0.1, 0.15) is 34.6 Å². The van der Waals surface area contributed by atoms with Gasteiger partial charge in [0.25, 0.3) is 23.7 Å². The van der Waals surface area contributed by atoms with E-state index in [2.05, 4.69) is 61.2 Å². The van der Waals surface area contributed by atoms with Gasteiger partial charge in [0.2, 0.25) is 0 Å². The molecule has 0 saturated heterocycles. The predicted molar refractivity (Wildman–Crippen MR) is 256 cm³/mol. The lowest BCUT2D eigenvalue weighted by Crippen LogP contribution is -2.12. The summed E-state index contributed by atoms with van der Waals surface area (Å²) in [7, 11) is 0. The molecule has 0 radical (unpaired) electrons. The van der Waals surface area contributed by atoms with Crippen LogP contribution in [-0.2, 0) is 0 Å². The number of benzene rings is 6. The number of fused-ring (bicyclic) bond motifs is 2. The van der Waals surface area contributed by atoms with Crippen molar-refractivity contribution in [3.05, 3.63) is 193 Å². The summed E-state index contributed by atoms with van der Waals surface area (Å²) in [4.78, 5) is 42.5. The Bertz CT molecular complexity index is 3460. The van der Waals surface area contributed by atoms with Gasteiger partial charge in [-0.2, -0.15) is 30.1 Å². The summed E-state index contributed by atoms with van der Waals surface area (Å²) in [6.45, 7) is 0. The van der Waals surface area contributed by atoms with Gasteiger partial charge in [-0.1, -0.05) is 84.9 Å². The van der Waals surface area contributed by atoms with E-state index in [9.17, 15) is 30.3 Å². The smallest absolute Gasteiger partial charge is 0.259 e. The van der Waals surface area contributed by atoms with Gasteiger partial charge < -0.3 is 20.8 Å². The Kier molecular flexibility index (Phi) is 12.7. The van der Waals surface area contributed by atoms with E-state index in [0.29, 0.717) is 32.9 Å². The summed E-state index contributed by atoms with van der Waals surface area (Å²) in [5.41, 5.74) is 1.66. The minimum absolute atomic E-state index is 0.0295. The molecule has 0 saturated carbocycles. The first-order valence-corrected chi connectivity index (χ1v) is 20.9. The standard InChI is InChI=1S/2C25H16N8O2/c2*26-14-17-15-29-33(25-27-11-6-12-28-25)23(17)32-31-21-19-10-5-4-7-16(19)13-20(22(21)34)24(35)30-18-8-2-1-3-9-18/h2*1-13,15,34H,(H,30,35). The highest BCUT2D eigenvalue weighted by Crippen LogP contribution is 2.41. The SMILES string of the molecule is N#Cc1cnn(-c2ncccn2)c1N=Nc1c(O)c(C(=O)Nc2ccccc2)cc2ccccc12.N#Cc1cnn(-c2ncccn2)c1N=Nc1c(O)c(C(=O)Nc2ccccc2)cc2ccccc12. The maximum Gasteiger partial charge on any atom is 0.259 e. The van der Waals surface area contributed by atoms with E-state index in [1.807, 2.05) is 36.4 Å². The molecule has 336 valence electrons. The minimum Gasteiger partial charge on any atom is -0.505 e. The molecule has 6 aromatic carbocycles. The maximum absolute atomic E-state index is 13.0. The van der Waals surface area contributed by atoms with Gasteiger partial charge >= 0.3 is 0 Å². The molecule has 4 heterocycles. The summed E-state index contributed by atoms with van der Waals surface area (Å²) in [5, 5.41) is 74.3. The summed E-state index contributed by atoms with van der Waals surface area (Å²) < 4.78 is 2.54.